The summed E-state index contributed by atoms with van der Waals surface area (Å²) >= 11 is 11.9. The predicted octanol–water partition coefficient (Wildman–Crippen LogP) is 2.19. The molecule has 2 aromatic rings. The van der Waals surface area contributed by atoms with E-state index < -0.39 is 0 Å². The lowest BCUT2D eigenvalue weighted by molar-refractivity contribution is 0.475. The zero-order valence-electron chi connectivity index (χ0n) is 9.35. The maximum Gasteiger partial charge on any atom is 0.222 e. The minimum Gasteiger partial charge on any atom is -0.506 e. The molecular formula is C11H7Cl2N5O. The minimum atomic E-state index is -0.177. The summed E-state index contributed by atoms with van der Waals surface area (Å²) < 4.78 is 0. The van der Waals surface area contributed by atoms with Crippen molar-refractivity contribution in [3.8, 4) is 23.1 Å². The molecule has 0 spiro atoms. The fourth-order valence-corrected chi connectivity index (χ4v) is 1.94. The third-order valence-electron chi connectivity index (χ3n) is 2.38. The first-order chi connectivity index (χ1) is 8.95. The molecule has 0 atom stereocenters. The standard InChI is InChI=1S/C11H7Cl2N5O/c12-7-4(1-2-6(19)8(7)13)9-5(3-14)10(15)18-11(16)17-9/h1-2,19H,(H4,15,16,17,18). The van der Waals surface area contributed by atoms with Crippen LogP contribution < -0.4 is 11.5 Å². The Morgan fingerprint density at radius 1 is 1.16 bits per heavy atom. The van der Waals surface area contributed by atoms with Crippen molar-refractivity contribution in [2.75, 3.05) is 11.5 Å². The quantitative estimate of drug-likeness (QED) is 0.741. The van der Waals surface area contributed by atoms with Crippen LogP contribution in [0.1, 0.15) is 5.56 Å². The summed E-state index contributed by atoms with van der Waals surface area (Å²) in [5, 5.41) is 18.5. The molecule has 6 nitrogen and oxygen atoms in total. The molecule has 0 saturated heterocycles. The van der Waals surface area contributed by atoms with Crippen LogP contribution >= 0.6 is 23.2 Å². The van der Waals surface area contributed by atoms with Crippen molar-refractivity contribution in [1.82, 2.24) is 9.97 Å². The lowest BCUT2D eigenvalue weighted by Crippen LogP contribution is -2.05. The molecule has 0 bridgehead atoms. The number of hydrogen-bond donors (Lipinski definition) is 3. The second-order valence-electron chi connectivity index (χ2n) is 3.56. The number of benzene rings is 1. The van der Waals surface area contributed by atoms with Crippen LogP contribution in [0.15, 0.2) is 12.1 Å². The second-order valence-corrected chi connectivity index (χ2v) is 4.32. The van der Waals surface area contributed by atoms with Gasteiger partial charge in [0.1, 0.15) is 28.2 Å². The molecule has 8 heteroatoms. The van der Waals surface area contributed by atoms with E-state index in [1.165, 1.54) is 12.1 Å². The highest BCUT2D eigenvalue weighted by molar-refractivity contribution is 6.44. The Labute approximate surface area is 118 Å². The van der Waals surface area contributed by atoms with Gasteiger partial charge in [-0.1, -0.05) is 23.2 Å². The SMILES string of the molecule is N#Cc1c(N)nc(N)nc1-c1ccc(O)c(Cl)c1Cl. The van der Waals surface area contributed by atoms with E-state index in [0.29, 0.717) is 5.56 Å². The fourth-order valence-electron chi connectivity index (χ4n) is 1.52. The number of hydrogen-bond acceptors (Lipinski definition) is 6. The average molecular weight is 296 g/mol. The van der Waals surface area contributed by atoms with Gasteiger partial charge in [-0.2, -0.15) is 10.2 Å². The van der Waals surface area contributed by atoms with Crippen LogP contribution in [0.5, 0.6) is 5.75 Å². The number of nitrogens with zero attached hydrogens (tertiary/aromatic N) is 3. The monoisotopic (exact) mass is 295 g/mol. The van der Waals surface area contributed by atoms with E-state index in [1.54, 1.807) is 0 Å². The molecule has 0 unspecified atom stereocenters. The maximum absolute atomic E-state index is 9.44. The van der Waals surface area contributed by atoms with Crippen LogP contribution in [-0.2, 0) is 0 Å². The largest absolute Gasteiger partial charge is 0.506 e. The number of anilines is 2. The zero-order valence-corrected chi connectivity index (χ0v) is 10.9. The van der Waals surface area contributed by atoms with E-state index in [0.717, 1.165) is 0 Å². The Bertz CT molecular complexity index is 711. The number of nitrogen functional groups attached to an aromatic ring is 2. The molecule has 1 heterocycles. The molecule has 19 heavy (non-hydrogen) atoms. The van der Waals surface area contributed by atoms with Crippen LogP contribution in [0.25, 0.3) is 11.3 Å². The Morgan fingerprint density at radius 3 is 2.47 bits per heavy atom. The number of aromatic hydroxyl groups is 1. The normalized spacial score (nSPS) is 10.2. The molecule has 0 aliphatic rings. The van der Waals surface area contributed by atoms with Crippen molar-refractivity contribution < 1.29 is 5.11 Å². The first kappa shape index (κ1) is 13.2. The number of phenolic OH excluding ortho intramolecular Hbond substituents is 1. The fraction of sp³-hybridized carbons (Fsp3) is 0. The van der Waals surface area contributed by atoms with Crippen LogP contribution in [0.3, 0.4) is 0 Å². The number of halogens is 2. The molecule has 96 valence electrons. The number of nitriles is 1. The van der Waals surface area contributed by atoms with Gasteiger partial charge in [0, 0.05) is 5.56 Å². The van der Waals surface area contributed by atoms with E-state index in [9.17, 15) is 5.11 Å². The molecule has 0 aliphatic carbocycles. The molecule has 2 rings (SSSR count). The predicted molar refractivity (Wildman–Crippen MR) is 72.7 cm³/mol. The van der Waals surface area contributed by atoms with Crippen molar-refractivity contribution in [3.63, 3.8) is 0 Å². The molecule has 5 N–H and O–H groups in total. The Balaban J connectivity index is 2.80. The Kier molecular flexibility index (Phi) is 3.34. The minimum absolute atomic E-state index is 0.0397. The van der Waals surface area contributed by atoms with Gasteiger partial charge in [0.05, 0.1) is 10.7 Å². The van der Waals surface area contributed by atoms with Crippen molar-refractivity contribution in [1.29, 1.82) is 5.26 Å². The molecule has 0 saturated carbocycles. The van der Waals surface area contributed by atoms with Crippen molar-refractivity contribution >= 4 is 35.0 Å². The van der Waals surface area contributed by atoms with E-state index in [4.69, 9.17) is 39.9 Å². The van der Waals surface area contributed by atoms with Gasteiger partial charge in [-0.05, 0) is 12.1 Å². The molecule has 1 aromatic heterocycles. The number of rotatable bonds is 1. The summed E-state index contributed by atoms with van der Waals surface area (Å²) in [5.41, 5.74) is 11.7. The summed E-state index contributed by atoms with van der Waals surface area (Å²) in [7, 11) is 0. The maximum atomic E-state index is 9.44. The number of nitrogens with two attached hydrogens (primary N) is 2. The third kappa shape index (κ3) is 2.21. The van der Waals surface area contributed by atoms with E-state index in [-0.39, 0.29) is 38.8 Å². The van der Waals surface area contributed by atoms with E-state index in [1.807, 2.05) is 6.07 Å². The molecule has 0 amide bonds. The highest BCUT2D eigenvalue weighted by Gasteiger charge is 2.18. The van der Waals surface area contributed by atoms with Gasteiger partial charge in [0.25, 0.3) is 0 Å². The zero-order chi connectivity index (χ0) is 14.2. The van der Waals surface area contributed by atoms with Gasteiger partial charge >= 0.3 is 0 Å². The lowest BCUT2D eigenvalue weighted by Gasteiger charge is -2.09. The van der Waals surface area contributed by atoms with Crippen molar-refractivity contribution in [2.45, 2.75) is 0 Å². The average Bonchev–Trinajstić information content (AvgIpc) is 2.35. The third-order valence-corrected chi connectivity index (χ3v) is 3.26. The molecular weight excluding hydrogens is 289 g/mol. The summed E-state index contributed by atoms with van der Waals surface area (Å²) in [6, 6.07) is 4.68. The first-order valence-electron chi connectivity index (χ1n) is 4.96. The van der Waals surface area contributed by atoms with Crippen LogP contribution in [-0.4, -0.2) is 15.1 Å². The molecule has 1 aromatic carbocycles. The highest BCUT2D eigenvalue weighted by Crippen LogP contribution is 2.39. The number of aromatic nitrogens is 2. The lowest BCUT2D eigenvalue weighted by atomic mass is 10.1. The van der Waals surface area contributed by atoms with Gasteiger partial charge in [-0.25, -0.2) is 4.98 Å². The topological polar surface area (TPSA) is 122 Å². The van der Waals surface area contributed by atoms with Gasteiger partial charge in [0.2, 0.25) is 5.95 Å². The molecule has 0 fully saturated rings. The van der Waals surface area contributed by atoms with E-state index >= 15 is 0 Å². The van der Waals surface area contributed by atoms with Crippen molar-refractivity contribution in [3.05, 3.63) is 27.7 Å². The summed E-state index contributed by atoms with van der Waals surface area (Å²) in [6.45, 7) is 0. The van der Waals surface area contributed by atoms with Crippen LogP contribution in [0.2, 0.25) is 10.0 Å². The van der Waals surface area contributed by atoms with E-state index in [2.05, 4.69) is 9.97 Å². The molecule has 0 aliphatic heterocycles. The summed E-state index contributed by atoms with van der Waals surface area (Å²) in [5.74, 6) is -0.319. The Hall–Kier alpha value is -2.23. The van der Waals surface area contributed by atoms with Gasteiger partial charge in [-0.15, -0.1) is 0 Å². The van der Waals surface area contributed by atoms with Crippen molar-refractivity contribution in [2.24, 2.45) is 0 Å². The smallest absolute Gasteiger partial charge is 0.222 e. The second kappa shape index (κ2) is 4.80. The highest BCUT2D eigenvalue weighted by atomic mass is 35.5. The van der Waals surface area contributed by atoms with Gasteiger partial charge in [-0.3, -0.25) is 0 Å². The summed E-state index contributed by atoms with van der Waals surface area (Å²) in [6.07, 6.45) is 0. The van der Waals surface area contributed by atoms with Crippen LogP contribution in [0.4, 0.5) is 11.8 Å². The first-order valence-corrected chi connectivity index (χ1v) is 5.71. The Morgan fingerprint density at radius 2 is 1.84 bits per heavy atom. The number of phenols is 1. The molecule has 0 radical (unpaired) electrons. The summed E-state index contributed by atoms with van der Waals surface area (Å²) in [4.78, 5) is 7.64. The van der Waals surface area contributed by atoms with Crippen LogP contribution in [0, 0.1) is 11.3 Å². The van der Waals surface area contributed by atoms with Gasteiger partial charge in [0.15, 0.2) is 0 Å². The van der Waals surface area contributed by atoms with Gasteiger partial charge < -0.3 is 16.6 Å².